The summed E-state index contributed by atoms with van der Waals surface area (Å²) in [5.41, 5.74) is 8.55. The Labute approximate surface area is 116 Å². The van der Waals surface area contributed by atoms with Gasteiger partial charge in [0.15, 0.2) is 0 Å². The van der Waals surface area contributed by atoms with Gasteiger partial charge in [0.1, 0.15) is 6.61 Å². The molecule has 4 N–H and O–H groups in total. The van der Waals surface area contributed by atoms with Gasteiger partial charge >= 0.3 is 12.0 Å². The van der Waals surface area contributed by atoms with Gasteiger partial charge in [0.25, 0.3) is 0 Å². The fourth-order valence-electron chi connectivity index (χ4n) is 2.00. The molecule has 0 aliphatic carbocycles. The van der Waals surface area contributed by atoms with E-state index in [-0.39, 0.29) is 19.2 Å². The van der Waals surface area contributed by atoms with Gasteiger partial charge in [0.05, 0.1) is 12.6 Å². The van der Waals surface area contributed by atoms with Crippen LogP contribution in [0, 0.1) is 0 Å². The molecule has 7 nitrogen and oxygen atoms in total. The van der Waals surface area contributed by atoms with E-state index in [0.717, 1.165) is 16.8 Å². The third kappa shape index (κ3) is 3.25. The average molecular weight is 279 g/mol. The van der Waals surface area contributed by atoms with Crippen LogP contribution in [0.25, 0.3) is 0 Å². The summed E-state index contributed by atoms with van der Waals surface area (Å²) in [6.07, 6.45) is 0. The van der Waals surface area contributed by atoms with Crippen molar-refractivity contribution in [2.45, 2.75) is 12.6 Å². The number of rotatable bonds is 5. The smallest absolute Gasteiger partial charge is 0.329 e. The van der Waals surface area contributed by atoms with Gasteiger partial charge in [-0.15, -0.1) is 0 Å². The molecule has 0 saturated heterocycles. The van der Waals surface area contributed by atoms with Crippen molar-refractivity contribution in [3.63, 3.8) is 0 Å². The largest absolute Gasteiger partial charge is 0.480 e. The molecule has 2 rings (SSSR count). The normalized spacial score (nSPS) is 15.5. The van der Waals surface area contributed by atoms with Gasteiger partial charge < -0.3 is 25.8 Å². The molecule has 7 heteroatoms. The van der Waals surface area contributed by atoms with Crippen molar-refractivity contribution in [3.05, 3.63) is 29.3 Å². The second-order valence-corrected chi connectivity index (χ2v) is 4.72. The Morgan fingerprint density at radius 3 is 3.05 bits per heavy atom. The molecule has 1 atom stereocenters. The lowest BCUT2D eigenvalue weighted by Crippen LogP contribution is -2.35. The topological polar surface area (TPSA) is 105 Å². The number of nitrogens with two attached hydrogens (primary N) is 1. The molecule has 1 unspecified atom stereocenters. The first-order valence-electron chi connectivity index (χ1n) is 6.17. The summed E-state index contributed by atoms with van der Waals surface area (Å²) in [6.45, 7) is 0.280. The minimum atomic E-state index is -1.02. The van der Waals surface area contributed by atoms with Crippen LogP contribution in [0.4, 0.5) is 10.5 Å². The zero-order valence-electron chi connectivity index (χ0n) is 11.1. The Bertz CT molecular complexity index is 532. The molecule has 1 aliphatic heterocycles. The van der Waals surface area contributed by atoms with Crippen molar-refractivity contribution in [2.75, 3.05) is 25.6 Å². The van der Waals surface area contributed by atoms with Crippen molar-refractivity contribution >= 4 is 17.7 Å². The van der Waals surface area contributed by atoms with Gasteiger partial charge in [0.2, 0.25) is 0 Å². The maximum absolute atomic E-state index is 11.5. The van der Waals surface area contributed by atoms with Crippen LogP contribution in [0.15, 0.2) is 18.2 Å². The van der Waals surface area contributed by atoms with Crippen molar-refractivity contribution < 1.29 is 19.4 Å². The monoisotopic (exact) mass is 279 g/mol. The molecule has 0 saturated carbocycles. The fraction of sp³-hybridized carbons (Fsp3) is 0.385. The first-order valence-corrected chi connectivity index (χ1v) is 6.17. The number of carboxylic acids is 1. The maximum atomic E-state index is 11.5. The summed E-state index contributed by atoms with van der Waals surface area (Å²) < 4.78 is 4.99. The second kappa shape index (κ2) is 5.89. The van der Waals surface area contributed by atoms with E-state index in [9.17, 15) is 9.59 Å². The van der Waals surface area contributed by atoms with E-state index in [1.54, 1.807) is 24.1 Å². The third-order valence-corrected chi connectivity index (χ3v) is 3.08. The summed E-state index contributed by atoms with van der Waals surface area (Å²) in [5.74, 6) is -1.02. The van der Waals surface area contributed by atoms with E-state index in [2.05, 4.69) is 5.32 Å². The number of urea groups is 1. The highest BCUT2D eigenvalue weighted by Crippen LogP contribution is 2.25. The predicted octanol–water partition coefficient (Wildman–Crippen LogP) is 0.765. The van der Waals surface area contributed by atoms with Crippen LogP contribution in [-0.2, 0) is 16.1 Å². The van der Waals surface area contributed by atoms with E-state index < -0.39 is 12.0 Å². The van der Waals surface area contributed by atoms with E-state index in [1.807, 2.05) is 6.07 Å². The van der Waals surface area contributed by atoms with Gasteiger partial charge in [-0.1, -0.05) is 12.1 Å². The van der Waals surface area contributed by atoms with Crippen LogP contribution in [0.1, 0.15) is 17.2 Å². The number of anilines is 1. The molecular formula is C13H17N3O4. The molecule has 1 heterocycles. The van der Waals surface area contributed by atoms with Gasteiger partial charge in [-0.3, -0.25) is 0 Å². The molecule has 2 amide bonds. The van der Waals surface area contributed by atoms with E-state index in [1.165, 1.54) is 0 Å². The number of carbonyl (C=O) groups excluding carboxylic acids is 1. The number of nitrogens with one attached hydrogen (secondary N) is 1. The Morgan fingerprint density at radius 2 is 2.35 bits per heavy atom. The maximum Gasteiger partial charge on any atom is 0.329 e. The number of nitrogens with zero attached hydrogens (tertiary/aromatic N) is 1. The first-order chi connectivity index (χ1) is 9.47. The minimum Gasteiger partial charge on any atom is -0.480 e. The fourth-order valence-corrected chi connectivity index (χ4v) is 2.00. The average Bonchev–Trinajstić information content (AvgIpc) is 2.39. The van der Waals surface area contributed by atoms with Gasteiger partial charge in [-0.05, 0) is 17.2 Å². The summed E-state index contributed by atoms with van der Waals surface area (Å²) >= 11 is 0. The number of benzene rings is 1. The lowest BCUT2D eigenvalue weighted by molar-refractivity contribution is -0.142. The van der Waals surface area contributed by atoms with Crippen LogP contribution in [0.5, 0.6) is 0 Å². The molecule has 1 aromatic carbocycles. The number of carboxylic acid groups (broad SMARTS) is 1. The van der Waals surface area contributed by atoms with E-state index >= 15 is 0 Å². The summed E-state index contributed by atoms with van der Waals surface area (Å²) in [4.78, 5) is 23.4. The lowest BCUT2D eigenvalue weighted by Gasteiger charge is -2.27. The highest BCUT2D eigenvalue weighted by atomic mass is 16.5. The van der Waals surface area contributed by atoms with Crippen molar-refractivity contribution in [3.8, 4) is 0 Å². The third-order valence-electron chi connectivity index (χ3n) is 3.08. The number of aliphatic carboxylic acids is 1. The quantitative estimate of drug-likeness (QED) is 0.738. The number of hydrogen-bond acceptors (Lipinski definition) is 4. The molecule has 20 heavy (non-hydrogen) atoms. The minimum absolute atomic E-state index is 0.132. The van der Waals surface area contributed by atoms with Gasteiger partial charge in [0, 0.05) is 19.3 Å². The Balaban J connectivity index is 2.05. The predicted molar refractivity (Wildman–Crippen MR) is 72.3 cm³/mol. The molecule has 0 fully saturated rings. The lowest BCUT2D eigenvalue weighted by atomic mass is 10.0. The van der Waals surface area contributed by atoms with E-state index in [4.69, 9.17) is 15.6 Å². The molecule has 108 valence electrons. The highest BCUT2D eigenvalue weighted by Gasteiger charge is 2.20. The SMILES string of the molecule is CN1Cc2cc(C(N)COCC(=O)O)ccc2NC1=O. The van der Waals surface area contributed by atoms with Crippen molar-refractivity contribution in [2.24, 2.45) is 5.73 Å². The van der Waals surface area contributed by atoms with Crippen LogP contribution < -0.4 is 11.1 Å². The number of amides is 2. The summed E-state index contributed by atoms with van der Waals surface area (Å²) in [5, 5.41) is 11.3. The molecule has 1 aliphatic rings. The Morgan fingerprint density at radius 1 is 1.60 bits per heavy atom. The van der Waals surface area contributed by atoms with Crippen molar-refractivity contribution in [1.29, 1.82) is 0 Å². The molecule has 0 radical (unpaired) electrons. The molecule has 0 bridgehead atoms. The molecule has 1 aromatic rings. The van der Waals surface area contributed by atoms with Crippen LogP contribution >= 0.6 is 0 Å². The molecule has 0 aromatic heterocycles. The molecular weight excluding hydrogens is 262 g/mol. The molecule has 0 spiro atoms. The van der Waals surface area contributed by atoms with Crippen LogP contribution in [-0.4, -0.2) is 42.3 Å². The number of hydrogen-bond donors (Lipinski definition) is 3. The summed E-state index contributed by atoms with van der Waals surface area (Å²) in [6, 6.07) is 4.97. The zero-order valence-corrected chi connectivity index (χ0v) is 11.1. The van der Waals surface area contributed by atoms with Crippen LogP contribution in [0.3, 0.4) is 0 Å². The zero-order chi connectivity index (χ0) is 14.7. The Hall–Kier alpha value is -2.12. The summed E-state index contributed by atoms with van der Waals surface area (Å²) in [7, 11) is 1.71. The first kappa shape index (κ1) is 14.3. The highest BCUT2D eigenvalue weighted by molar-refractivity contribution is 5.92. The Kier molecular flexibility index (Phi) is 4.21. The van der Waals surface area contributed by atoms with Gasteiger partial charge in [-0.2, -0.15) is 0 Å². The second-order valence-electron chi connectivity index (χ2n) is 4.72. The van der Waals surface area contributed by atoms with Crippen LogP contribution in [0.2, 0.25) is 0 Å². The van der Waals surface area contributed by atoms with Crippen molar-refractivity contribution in [1.82, 2.24) is 4.90 Å². The van der Waals surface area contributed by atoms with Gasteiger partial charge in [-0.25, -0.2) is 9.59 Å². The number of ether oxygens (including phenoxy) is 1. The standard InChI is InChI=1S/C13H17N3O4/c1-16-5-9-4-8(2-3-11(9)15-13(16)19)10(14)6-20-7-12(17)18/h2-4,10H,5-7,14H2,1H3,(H,15,19)(H,17,18). The van der Waals surface area contributed by atoms with E-state index in [0.29, 0.717) is 6.54 Å². The number of carbonyl (C=O) groups is 2. The number of fused-ring (bicyclic) bond motifs is 1.